The quantitative estimate of drug-likeness (QED) is 0.373. The number of likely N-dealkylation sites (N-methyl/N-ethyl adjacent to an activating group) is 1. The zero-order valence-corrected chi connectivity index (χ0v) is 20.0. The van der Waals surface area contributed by atoms with Gasteiger partial charge in [-0.1, -0.05) is 48.9 Å². The highest BCUT2D eigenvalue weighted by atomic mass is 35.5. The summed E-state index contributed by atoms with van der Waals surface area (Å²) in [6, 6.07) is 21.9. The molecule has 1 amide bonds. The summed E-state index contributed by atoms with van der Waals surface area (Å²) in [5.41, 5.74) is 4.28. The summed E-state index contributed by atoms with van der Waals surface area (Å²) in [4.78, 5) is 27.4. The Hall–Kier alpha value is -3.64. The predicted molar refractivity (Wildman–Crippen MR) is 134 cm³/mol. The molecule has 174 valence electrons. The minimum atomic E-state index is -0.0903. The molecular formula is C27H27ClN4O2. The Morgan fingerprint density at radius 2 is 1.62 bits per heavy atom. The van der Waals surface area contributed by atoms with Gasteiger partial charge in [-0.3, -0.25) is 15.0 Å². The van der Waals surface area contributed by atoms with E-state index in [1.54, 1.807) is 52.9 Å². The van der Waals surface area contributed by atoms with Gasteiger partial charge >= 0.3 is 0 Å². The van der Waals surface area contributed by atoms with Crippen LogP contribution in [0, 0.1) is 5.41 Å². The number of Topliss-reactive ketones (excluding diaryl/α,β-unsaturated/α-hetero) is 1. The van der Waals surface area contributed by atoms with Gasteiger partial charge in [0.25, 0.3) is 5.91 Å². The maximum atomic E-state index is 13.0. The van der Waals surface area contributed by atoms with Crippen LogP contribution in [0.25, 0.3) is 11.0 Å². The number of aryl methyl sites for hydroxylation is 1. The Balaban J connectivity index is 1.66. The average molecular weight is 475 g/mol. The van der Waals surface area contributed by atoms with E-state index in [0.717, 1.165) is 23.0 Å². The molecule has 7 heteroatoms. The molecule has 34 heavy (non-hydrogen) atoms. The molecular weight excluding hydrogens is 448 g/mol. The number of rotatable bonds is 8. The van der Waals surface area contributed by atoms with Gasteiger partial charge in [-0.2, -0.15) is 0 Å². The molecule has 0 saturated heterocycles. The number of hydrogen-bond acceptors (Lipinski definition) is 3. The fourth-order valence-electron chi connectivity index (χ4n) is 4.16. The molecule has 1 aromatic heterocycles. The number of hydrogen-bond donors (Lipinski definition) is 1. The van der Waals surface area contributed by atoms with E-state index in [9.17, 15) is 9.59 Å². The number of nitrogens with one attached hydrogen (secondary N) is 1. The van der Waals surface area contributed by atoms with Crippen molar-refractivity contribution in [3.63, 3.8) is 0 Å². The molecule has 0 unspecified atom stereocenters. The first-order chi connectivity index (χ1) is 16.4. The Labute approximate surface area is 203 Å². The van der Waals surface area contributed by atoms with Crippen molar-refractivity contribution in [3.05, 3.63) is 100 Å². The summed E-state index contributed by atoms with van der Waals surface area (Å²) in [7, 11) is 1.77. The van der Waals surface area contributed by atoms with Crippen LogP contribution in [-0.4, -0.2) is 39.3 Å². The van der Waals surface area contributed by atoms with Gasteiger partial charge in [0.05, 0.1) is 17.6 Å². The van der Waals surface area contributed by atoms with Gasteiger partial charge in [0, 0.05) is 36.3 Å². The van der Waals surface area contributed by atoms with Crippen molar-refractivity contribution in [2.24, 2.45) is 0 Å². The highest BCUT2D eigenvalue weighted by Gasteiger charge is 2.18. The summed E-state index contributed by atoms with van der Waals surface area (Å²) >= 11 is 5.96. The van der Waals surface area contributed by atoms with Crippen molar-refractivity contribution in [2.75, 3.05) is 13.6 Å². The summed E-state index contributed by atoms with van der Waals surface area (Å²) in [5.74, 6) is -0.155. The third kappa shape index (κ3) is 4.68. The molecule has 6 nitrogen and oxygen atoms in total. The van der Waals surface area contributed by atoms with Crippen LogP contribution in [0.2, 0.25) is 5.02 Å². The topological polar surface area (TPSA) is 71.1 Å². The van der Waals surface area contributed by atoms with Gasteiger partial charge in [-0.15, -0.1) is 0 Å². The first-order valence-corrected chi connectivity index (χ1v) is 11.6. The fraction of sp³-hybridized carbons (Fsp3) is 0.222. The van der Waals surface area contributed by atoms with Crippen LogP contribution < -0.4 is 5.62 Å². The van der Waals surface area contributed by atoms with Crippen LogP contribution in [0.3, 0.4) is 0 Å². The van der Waals surface area contributed by atoms with E-state index in [1.807, 2.05) is 41.0 Å². The van der Waals surface area contributed by atoms with Crippen molar-refractivity contribution in [2.45, 2.75) is 26.4 Å². The molecule has 0 atom stereocenters. The van der Waals surface area contributed by atoms with Crippen LogP contribution >= 0.6 is 11.6 Å². The Morgan fingerprint density at radius 3 is 2.29 bits per heavy atom. The lowest BCUT2D eigenvalue weighted by molar-refractivity contribution is 0.0790. The number of amides is 1. The lowest BCUT2D eigenvalue weighted by Gasteiger charge is -2.18. The number of imidazole rings is 1. The van der Waals surface area contributed by atoms with Crippen molar-refractivity contribution >= 4 is 34.3 Å². The SMILES string of the molecule is CCc1cccc2c1n(CCN(C)C(=O)c1ccccc1)c(=N)n2CC(=O)c1ccc(Cl)cc1. The summed E-state index contributed by atoms with van der Waals surface area (Å²) in [6.07, 6.45) is 0.796. The second-order valence-electron chi connectivity index (χ2n) is 8.22. The van der Waals surface area contributed by atoms with Gasteiger partial charge < -0.3 is 14.0 Å². The highest BCUT2D eigenvalue weighted by Crippen LogP contribution is 2.20. The molecule has 4 aromatic rings. The number of aromatic nitrogens is 2. The summed E-state index contributed by atoms with van der Waals surface area (Å²) < 4.78 is 3.64. The first kappa shape index (κ1) is 23.5. The molecule has 0 aliphatic heterocycles. The number of benzene rings is 3. The van der Waals surface area contributed by atoms with E-state index in [4.69, 9.17) is 17.0 Å². The highest BCUT2D eigenvalue weighted by molar-refractivity contribution is 6.30. The molecule has 1 heterocycles. The maximum absolute atomic E-state index is 13.0. The second-order valence-corrected chi connectivity index (χ2v) is 8.66. The van der Waals surface area contributed by atoms with Gasteiger partial charge in [-0.05, 0) is 54.4 Å². The van der Waals surface area contributed by atoms with E-state index < -0.39 is 0 Å². The standard InChI is InChI=1S/C27H27ClN4O2/c1-3-19-10-7-11-23-25(19)31(17-16-30(2)26(34)21-8-5-4-6-9-21)27(29)32(23)18-24(33)20-12-14-22(28)15-13-20/h4-15,29H,3,16-18H2,1-2H3. The zero-order chi connectivity index (χ0) is 24.2. The molecule has 0 saturated carbocycles. The number of ketones is 1. The first-order valence-electron chi connectivity index (χ1n) is 11.3. The smallest absolute Gasteiger partial charge is 0.253 e. The molecule has 0 aliphatic carbocycles. The largest absolute Gasteiger partial charge is 0.340 e. The molecule has 3 aromatic carbocycles. The van der Waals surface area contributed by atoms with E-state index in [2.05, 4.69) is 6.92 Å². The number of fused-ring (bicyclic) bond motifs is 1. The maximum Gasteiger partial charge on any atom is 0.253 e. The normalized spacial score (nSPS) is 11.0. The van der Waals surface area contributed by atoms with Gasteiger partial charge in [0.15, 0.2) is 5.78 Å². The lowest BCUT2D eigenvalue weighted by atomic mass is 10.1. The number of para-hydroxylation sites is 1. The predicted octanol–water partition coefficient (Wildman–Crippen LogP) is 4.79. The molecule has 0 spiro atoms. The van der Waals surface area contributed by atoms with Crippen LogP contribution in [0.15, 0.2) is 72.8 Å². The van der Waals surface area contributed by atoms with Crippen molar-refractivity contribution < 1.29 is 9.59 Å². The third-order valence-electron chi connectivity index (χ3n) is 6.05. The number of carbonyl (C=O) groups is 2. The van der Waals surface area contributed by atoms with Crippen LogP contribution in [0.4, 0.5) is 0 Å². The second kappa shape index (κ2) is 10.1. The van der Waals surface area contributed by atoms with Gasteiger partial charge in [0.1, 0.15) is 0 Å². The molecule has 0 aliphatic rings. The van der Waals surface area contributed by atoms with Gasteiger partial charge in [-0.25, -0.2) is 0 Å². The van der Waals surface area contributed by atoms with Crippen molar-refractivity contribution in [3.8, 4) is 0 Å². The van der Waals surface area contributed by atoms with Crippen LogP contribution in [0.5, 0.6) is 0 Å². The van der Waals surface area contributed by atoms with E-state index in [0.29, 0.717) is 29.2 Å². The number of halogens is 1. The van der Waals surface area contributed by atoms with E-state index >= 15 is 0 Å². The van der Waals surface area contributed by atoms with Crippen LogP contribution in [0.1, 0.15) is 33.2 Å². The monoisotopic (exact) mass is 474 g/mol. The van der Waals surface area contributed by atoms with Crippen LogP contribution in [-0.2, 0) is 19.5 Å². The molecule has 1 N–H and O–H groups in total. The number of nitrogens with zero attached hydrogens (tertiary/aromatic N) is 3. The lowest BCUT2D eigenvalue weighted by Crippen LogP contribution is -2.34. The van der Waals surface area contributed by atoms with Gasteiger partial charge in [0.2, 0.25) is 5.62 Å². The zero-order valence-electron chi connectivity index (χ0n) is 19.3. The van der Waals surface area contributed by atoms with E-state index in [-0.39, 0.29) is 23.9 Å². The molecule has 0 fully saturated rings. The molecule has 0 bridgehead atoms. The number of carbonyl (C=O) groups excluding carboxylic acids is 2. The average Bonchev–Trinajstić information content (AvgIpc) is 3.13. The minimum Gasteiger partial charge on any atom is -0.340 e. The molecule has 4 rings (SSSR count). The molecule has 0 radical (unpaired) electrons. The Kier molecular flexibility index (Phi) is 6.98. The summed E-state index contributed by atoms with van der Waals surface area (Å²) in [6.45, 7) is 3.01. The Morgan fingerprint density at radius 1 is 0.912 bits per heavy atom. The van der Waals surface area contributed by atoms with Crippen molar-refractivity contribution in [1.29, 1.82) is 5.41 Å². The third-order valence-corrected chi connectivity index (χ3v) is 6.30. The summed E-state index contributed by atoms with van der Waals surface area (Å²) in [5, 5.41) is 9.47. The minimum absolute atomic E-state index is 0.0515. The van der Waals surface area contributed by atoms with Crippen molar-refractivity contribution in [1.82, 2.24) is 14.0 Å². The fourth-order valence-corrected chi connectivity index (χ4v) is 4.29. The van der Waals surface area contributed by atoms with E-state index in [1.165, 1.54) is 0 Å². The Bertz CT molecular complexity index is 1390.